The van der Waals surface area contributed by atoms with Crippen LogP contribution in [0.3, 0.4) is 0 Å². The van der Waals surface area contributed by atoms with Crippen LogP contribution >= 0.6 is 11.6 Å². The Morgan fingerprint density at radius 2 is 1.78 bits per heavy atom. The van der Waals surface area contributed by atoms with Crippen LogP contribution in [-0.2, 0) is 9.53 Å². The topological polar surface area (TPSA) is 135 Å². The Labute approximate surface area is 213 Å². The van der Waals surface area contributed by atoms with Crippen LogP contribution in [0.25, 0.3) is 5.65 Å². The third-order valence-corrected chi connectivity index (χ3v) is 6.55. The maximum Gasteiger partial charge on any atom is 0.276 e. The zero-order valence-electron chi connectivity index (χ0n) is 20.0. The molecule has 2 fully saturated rings. The quantitative estimate of drug-likeness (QED) is 0.321. The number of ether oxygens (including phenoxy) is 1. The van der Waals surface area contributed by atoms with E-state index in [1.54, 1.807) is 16.6 Å². The minimum Gasteiger partial charge on any atom is -0.379 e. The van der Waals surface area contributed by atoms with Gasteiger partial charge in [0, 0.05) is 43.2 Å². The predicted molar refractivity (Wildman–Crippen MR) is 137 cm³/mol. The van der Waals surface area contributed by atoms with Gasteiger partial charge in [-0.25, -0.2) is 14.5 Å². The maximum absolute atomic E-state index is 13.1. The Balaban J connectivity index is 1.33. The van der Waals surface area contributed by atoms with E-state index >= 15 is 0 Å². The molecule has 2 saturated carbocycles. The number of amides is 2. The van der Waals surface area contributed by atoms with Crippen molar-refractivity contribution in [3.05, 3.63) is 41.4 Å². The molecule has 4 N–H and O–H groups in total. The zero-order chi connectivity index (χ0) is 25.1. The first-order valence-corrected chi connectivity index (χ1v) is 12.5. The third kappa shape index (κ3) is 5.85. The average Bonchev–Trinajstić information content (AvgIpc) is 3.55. The second-order valence-corrected chi connectivity index (χ2v) is 9.64. The van der Waals surface area contributed by atoms with Crippen molar-refractivity contribution in [3.63, 3.8) is 0 Å². The molecule has 5 rings (SSSR count). The summed E-state index contributed by atoms with van der Waals surface area (Å²) in [6.45, 7) is 0.0773. The molecule has 3 aromatic heterocycles. The monoisotopic (exact) mass is 512 g/mol. The van der Waals surface area contributed by atoms with Gasteiger partial charge in [-0.1, -0.05) is 11.6 Å². The molecule has 190 valence electrons. The van der Waals surface area contributed by atoms with Crippen LogP contribution in [0.4, 0.5) is 17.2 Å². The highest BCUT2D eigenvalue weighted by molar-refractivity contribution is 6.29. The number of aromatic nitrogens is 4. The molecule has 0 aromatic carbocycles. The molecule has 3 aromatic rings. The number of anilines is 3. The van der Waals surface area contributed by atoms with E-state index in [0.29, 0.717) is 34.0 Å². The lowest BCUT2D eigenvalue weighted by atomic mass is 9.91. The smallest absolute Gasteiger partial charge is 0.276 e. The first-order chi connectivity index (χ1) is 17.5. The molecule has 0 radical (unpaired) electrons. The molecule has 12 heteroatoms. The Hall–Kier alpha value is -3.44. The van der Waals surface area contributed by atoms with Crippen LogP contribution in [0, 0.1) is 0 Å². The maximum atomic E-state index is 13.1. The van der Waals surface area contributed by atoms with Crippen LogP contribution in [0.2, 0.25) is 5.15 Å². The van der Waals surface area contributed by atoms with Crippen molar-refractivity contribution in [2.24, 2.45) is 0 Å². The normalized spacial score (nSPS) is 19.6. The SMILES string of the molecule is COCC(=O)NC1CCC(Nc2cc(NC3CC3)c3ncc(C(=O)Nc4ccnc(Cl)c4)n3n2)CC1. The summed E-state index contributed by atoms with van der Waals surface area (Å²) in [6.07, 6.45) is 8.79. The van der Waals surface area contributed by atoms with E-state index in [1.807, 2.05) is 6.07 Å². The average molecular weight is 513 g/mol. The van der Waals surface area contributed by atoms with Crippen LogP contribution in [0.5, 0.6) is 0 Å². The fourth-order valence-electron chi connectivity index (χ4n) is 4.41. The van der Waals surface area contributed by atoms with Gasteiger partial charge in [-0.15, -0.1) is 5.10 Å². The Morgan fingerprint density at radius 3 is 2.50 bits per heavy atom. The number of fused-ring (bicyclic) bond motifs is 1. The molecule has 0 aliphatic heterocycles. The van der Waals surface area contributed by atoms with Crippen molar-refractivity contribution < 1.29 is 14.3 Å². The number of hydrogen-bond acceptors (Lipinski definition) is 8. The summed E-state index contributed by atoms with van der Waals surface area (Å²) in [4.78, 5) is 33.3. The number of pyridine rings is 1. The first-order valence-electron chi connectivity index (χ1n) is 12.1. The lowest BCUT2D eigenvalue weighted by Crippen LogP contribution is -2.41. The van der Waals surface area contributed by atoms with E-state index in [1.165, 1.54) is 19.5 Å². The summed E-state index contributed by atoms with van der Waals surface area (Å²) >= 11 is 5.95. The highest BCUT2D eigenvalue weighted by Crippen LogP contribution is 2.30. The fraction of sp³-hybridized carbons (Fsp3) is 0.458. The van der Waals surface area contributed by atoms with Crippen molar-refractivity contribution in [1.29, 1.82) is 0 Å². The second kappa shape index (κ2) is 10.7. The summed E-state index contributed by atoms with van der Waals surface area (Å²) < 4.78 is 6.47. The molecule has 11 nitrogen and oxygen atoms in total. The second-order valence-electron chi connectivity index (χ2n) is 9.26. The molecule has 0 bridgehead atoms. The Morgan fingerprint density at radius 1 is 1.06 bits per heavy atom. The summed E-state index contributed by atoms with van der Waals surface area (Å²) in [5.74, 6) is 0.229. The highest BCUT2D eigenvalue weighted by atomic mass is 35.5. The van der Waals surface area contributed by atoms with Gasteiger partial charge in [-0.2, -0.15) is 0 Å². The zero-order valence-corrected chi connectivity index (χ0v) is 20.7. The molecule has 2 aliphatic carbocycles. The molecule has 3 heterocycles. The van der Waals surface area contributed by atoms with Crippen molar-refractivity contribution >= 4 is 46.3 Å². The van der Waals surface area contributed by atoms with Gasteiger partial charge in [0.05, 0.1) is 11.9 Å². The molecular weight excluding hydrogens is 484 g/mol. The molecule has 2 amide bonds. The van der Waals surface area contributed by atoms with Crippen LogP contribution in [0.15, 0.2) is 30.6 Å². The predicted octanol–water partition coefficient (Wildman–Crippen LogP) is 3.09. The minimum absolute atomic E-state index is 0.0773. The first kappa shape index (κ1) is 24.3. The number of rotatable bonds is 9. The van der Waals surface area contributed by atoms with Crippen LogP contribution < -0.4 is 21.3 Å². The van der Waals surface area contributed by atoms with Crippen molar-refractivity contribution in [1.82, 2.24) is 24.9 Å². The number of imidazole rings is 1. The fourth-order valence-corrected chi connectivity index (χ4v) is 4.59. The Kier molecular flexibility index (Phi) is 7.19. The molecule has 2 aliphatic rings. The molecule has 0 saturated heterocycles. The van der Waals surface area contributed by atoms with Gasteiger partial charge in [-0.3, -0.25) is 9.59 Å². The van der Waals surface area contributed by atoms with Crippen LogP contribution in [0.1, 0.15) is 49.0 Å². The van der Waals surface area contributed by atoms with E-state index < -0.39 is 0 Å². The number of nitrogens with one attached hydrogen (secondary N) is 4. The van der Waals surface area contributed by atoms with E-state index in [-0.39, 0.29) is 30.5 Å². The standard InChI is InChI=1S/C24H29ClN8O3/c1-36-13-22(34)30-16-6-4-15(5-7-16)29-21-11-18(28-14-2-3-14)23-27-12-19(33(23)32-21)24(35)31-17-8-9-26-20(25)10-17/h8-12,14-16,28H,2-7,13H2,1H3,(H,29,32)(H,30,34)(H,26,31,35). The summed E-state index contributed by atoms with van der Waals surface area (Å²) in [5.41, 5.74) is 2.27. The van der Waals surface area contributed by atoms with E-state index in [9.17, 15) is 9.59 Å². The minimum atomic E-state index is -0.348. The highest BCUT2D eigenvalue weighted by Gasteiger charge is 2.26. The van der Waals surface area contributed by atoms with E-state index in [2.05, 4.69) is 31.2 Å². The van der Waals surface area contributed by atoms with Gasteiger partial charge in [0.15, 0.2) is 11.3 Å². The lowest BCUT2D eigenvalue weighted by Gasteiger charge is -2.30. The third-order valence-electron chi connectivity index (χ3n) is 6.34. The Bertz CT molecular complexity index is 1250. The van der Waals surface area contributed by atoms with Gasteiger partial charge in [0.2, 0.25) is 5.91 Å². The summed E-state index contributed by atoms with van der Waals surface area (Å²) in [6, 6.07) is 5.97. The summed E-state index contributed by atoms with van der Waals surface area (Å²) in [7, 11) is 1.51. The van der Waals surface area contributed by atoms with Gasteiger partial charge < -0.3 is 26.0 Å². The van der Waals surface area contributed by atoms with Gasteiger partial charge in [-0.05, 0) is 50.7 Å². The lowest BCUT2D eigenvalue weighted by molar-refractivity contribution is -0.125. The number of carbonyl (C=O) groups excluding carboxylic acids is 2. The molecule has 0 unspecified atom stereocenters. The summed E-state index contributed by atoms with van der Waals surface area (Å²) in [5, 5.41) is 17.9. The number of methoxy groups -OCH3 is 1. The van der Waals surface area contributed by atoms with E-state index in [0.717, 1.165) is 44.2 Å². The molecule has 36 heavy (non-hydrogen) atoms. The molecule has 0 spiro atoms. The van der Waals surface area contributed by atoms with Crippen molar-refractivity contribution in [2.75, 3.05) is 29.7 Å². The van der Waals surface area contributed by atoms with Crippen molar-refractivity contribution in [3.8, 4) is 0 Å². The van der Waals surface area contributed by atoms with Crippen molar-refractivity contribution in [2.45, 2.75) is 56.7 Å². The van der Waals surface area contributed by atoms with Gasteiger partial charge >= 0.3 is 0 Å². The largest absolute Gasteiger partial charge is 0.379 e. The number of nitrogens with zero attached hydrogens (tertiary/aromatic N) is 4. The van der Waals surface area contributed by atoms with E-state index in [4.69, 9.17) is 21.4 Å². The molecule has 0 atom stereocenters. The van der Waals surface area contributed by atoms with Gasteiger partial charge in [0.1, 0.15) is 17.6 Å². The van der Waals surface area contributed by atoms with Crippen LogP contribution in [-0.4, -0.2) is 63.2 Å². The number of hydrogen-bond donors (Lipinski definition) is 4. The van der Waals surface area contributed by atoms with Gasteiger partial charge in [0.25, 0.3) is 5.91 Å². The number of carbonyl (C=O) groups is 2. The number of halogens is 1. The molecular formula is C24H29ClN8O3.